The number of hydrogen-bond acceptors (Lipinski definition) is 4. The fourth-order valence-corrected chi connectivity index (χ4v) is 4.38. The fraction of sp³-hybridized carbons (Fsp3) is 0.444. The SMILES string of the molecule is CCC(C)C(NC(=O)OCC1c2ccccc2-c2ccccc21)C(=O)N[C@H](CC(=O)O)C(C)C. The third-order valence-electron chi connectivity index (χ3n) is 6.64. The minimum absolute atomic E-state index is 0.0629. The summed E-state index contributed by atoms with van der Waals surface area (Å²) in [5, 5.41) is 14.7. The van der Waals surface area contributed by atoms with Gasteiger partial charge in [-0.15, -0.1) is 0 Å². The molecule has 2 unspecified atom stereocenters. The summed E-state index contributed by atoms with van der Waals surface area (Å²) in [6, 6.07) is 14.8. The molecule has 0 bridgehead atoms. The second-order valence-electron chi connectivity index (χ2n) is 9.29. The molecule has 0 fully saturated rings. The molecule has 7 heteroatoms. The van der Waals surface area contributed by atoms with Gasteiger partial charge >= 0.3 is 12.1 Å². The molecule has 0 heterocycles. The van der Waals surface area contributed by atoms with E-state index in [2.05, 4.69) is 22.8 Å². The molecule has 1 aliphatic rings. The van der Waals surface area contributed by atoms with Gasteiger partial charge in [-0.1, -0.05) is 82.6 Å². The van der Waals surface area contributed by atoms with Crippen molar-refractivity contribution in [2.24, 2.45) is 11.8 Å². The molecule has 3 atom stereocenters. The Morgan fingerprint density at radius 3 is 2.00 bits per heavy atom. The highest BCUT2D eigenvalue weighted by Gasteiger charge is 2.32. The quantitative estimate of drug-likeness (QED) is 0.476. The predicted octanol–water partition coefficient (Wildman–Crippen LogP) is 4.56. The number of carboxylic acid groups (broad SMARTS) is 1. The lowest BCUT2D eigenvalue weighted by Gasteiger charge is -2.27. The molecule has 0 spiro atoms. The summed E-state index contributed by atoms with van der Waals surface area (Å²) in [6.07, 6.45) is -0.184. The number of alkyl carbamates (subject to hydrolysis) is 1. The molecular weight excluding hydrogens is 432 g/mol. The number of carbonyl (C=O) groups is 3. The van der Waals surface area contributed by atoms with Gasteiger partial charge in [-0.2, -0.15) is 0 Å². The molecule has 34 heavy (non-hydrogen) atoms. The summed E-state index contributed by atoms with van der Waals surface area (Å²) < 4.78 is 5.61. The van der Waals surface area contributed by atoms with Crippen LogP contribution >= 0.6 is 0 Å². The molecule has 2 aromatic carbocycles. The Morgan fingerprint density at radius 1 is 0.941 bits per heavy atom. The Labute approximate surface area is 200 Å². The number of fused-ring (bicyclic) bond motifs is 3. The maximum atomic E-state index is 13.0. The van der Waals surface area contributed by atoms with Gasteiger partial charge in [0.15, 0.2) is 0 Å². The molecular formula is C27H34N2O5. The minimum atomic E-state index is -0.983. The van der Waals surface area contributed by atoms with Gasteiger partial charge in [-0.25, -0.2) is 4.79 Å². The number of amides is 2. The molecule has 7 nitrogen and oxygen atoms in total. The van der Waals surface area contributed by atoms with E-state index >= 15 is 0 Å². The molecule has 2 aromatic rings. The number of hydrogen-bond donors (Lipinski definition) is 3. The largest absolute Gasteiger partial charge is 0.481 e. The Balaban J connectivity index is 1.68. The summed E-state index contributed by atoms with van der Waals surface area (Å²) in [4.78, 5) is 36.9. The van der Waals surface area contributed by atoms with Crippen LogP contribution < -0.4 is 10.6 Å². The van der Waals surface area contributed by atoms with Crippen molar-refractivity contribution in [2.75, 3.05) is 6.61 Å². The average molecular weight is 467 g/mol. The number of rotatable bonds is 10. The monoisotopic (exact) mass is 466 g/mol. The molecule has 0 aromatic heterocycles. The molecule has 182 valence electrons. The van der Waals surface area contributed by atoms with Gasteiger partial charge in [0.05, 0.1) is 6.42 Å². The van der Waals surface area contributed by atoms with E-state index in [1.165, 1.54) is 0 Å². The summed E-state index contributed by atoms with van der Waals surface area (Å²) in [5.74, 6) is -1.67. The van der Waals surface area contributed by atoms with Crippen molar-refractivity contribution in [3.8, 4) is 11.1 Å². The van der Waals surface area contributed by atoms with Crippen LogP contribution in [0.15, 0.2) is 48.5 Å². The van der Waals surface area contributed by atoms with Gasteiger partial charge in [0.25, 0.3) is 0 Å². The molecule has 0 saturated heterocycles. The number of carbonyl (C=O) groups excluding carboxylic acids is 2. The molecule has 3 rings (SSSR count). The lowest BCUT2D eigenvalue weighted by Crippen LogP contribution is -2.54. The van der Waals surface area contributed by atoms with Gasteiger partial charge in [0.1, 0.15) is 12.6 Å². The first-order valence-electron chi connectivity index (χ1n) is 11.9. The highest BCUT2D eigenvalue weighted by atomic mass is 16.5. The van der Waals surface area contributed by atoms with E-state index in [4.69, 9.17) is 9.84 Å². The first kappa shape index (κ1) is 25.3. The number of ether oxygens (including phenoxy) is 1. The van der Waals surface area contributed by atoms with Crippen molar-refractivity contribution in [1.29, 1.82) is 0 Å². The summed E-state index contributed by atoms with van der Waals surface area (Å²) in [5.41, 5.74) is 4.51. The van der Waals surface area contributed by atoms with E-state index in [1.807, 2.05) is 64.1 Å². The number of aliphatic carboxylic acids is 1. The third kappa shape index (κ3) is 5.76. The van der Waals surface area contributed by atoms with Crippen LogP contribution in [-0.4, -0.2) is 41.8 Å². The van der Waals surface area contributed by atoms with E-state index in [0.717, 1.165) is 22.3 Å². The standard InChI is InChI=1S/C27H34N2O5/c1-5-17(4)25(26(32)28-23(16(2)3)14-24(30)31)29-27(33)34-15-22-20-12-8-6-10-18(20)19-11-7-9-13-21(19)22/h6-13,16-17,22-23,25H,5,14-15H2,1-4H3,(H,28,32)(H,29,33)(H,30,31)/t17?,23-,25?/m1/s1. The van der Waals surface area contributed by atoms with Crippen molar-refractivity contribution in [1.82, 2.24) is 10.6 Å². The van der Waals surface area contributed by atoms with Crippen molar-refractivity contribution in [3.63, 3.8) is 0 Å². The molecule has 0 saturated carbocycles. The Bertz CT molecular complexity index is 990. The fourth-order valence-electron chi connectivity index (χ4n) is 4.38. The van der Waals surface area contributed by atoms with Gasteiger partial charge in [-0.05, 0) is 34.1 Å². The summed E-state index contributed by atoms with van der Waals surface area (Å²) in [6.45, 7) is 7.66. The maximum Gasteiger partial charge on any atom is 0.407 e. The van der Waals surface area contributed by atoms with Crippen molar-refractivity contribution < 1.29 is 24.2 Å². The molecule has 3 N–H and O–H groups in total. The Hall–Kier alpha value is -3.35. The van der Waals surface area contributed by atoms with Crippen molar-refractivity contribution in [3.05, 3.63) is 59.7 Å². The van der Waals surface area contributed by atoms with Crippen LogP contribution in [0.4, 0.5) is 4.79 Å². The second-order valence-corrected chi connectivity index (χ2v) is 9.29. The first-order chi connectivity index (χ1) is 16.2. The van der Waals surface area contributed by atoms with Crippen molar-refractivity contribution >= 4 is 18.0 Å². The summed E-state index contributed by atoms with van der Waals surface area (Å²) >= 11 is 0. The zero-order valence-electron chi connectivity index (χ0n) is 20.2. The maximum absolute atomic E-state index is 13.0. The smallest absolute Gasteiger partial charge is 0.407 e. The zero-order valence-corrected chi connectivity index (χ0v) is 20.2. The van der Waals surface area contributed by atoms with E-state index in [9.17, 15) is 14.4 Å². The minimum Gasteiger partial charge on any atom is -0.481 e. The Morgan fingerprint density at radius 2 is 1.50 bits per heavy atom. The molecule has 0 radical (unpaired) electrons. The average Bonchev–Trinajstić information content (AvgIpc) is 3.13. The van der Waals surface area contributed by atoms with Crippen LogP contribution in [-0.2, 0) is 14.3 Å². The van der Waals surface area contributed by atoms with Crippen molar-refractivity contribution in [2.45, 2.75) is 58.5 Å². The zero-order chi connectivity index (χ0) is 24.8. The van der Waals surface area contributed by atoms with E-state index in [1.54, 1.807) is 0 Å². The van der Waals surface area contributed by atoms with Crippen LogP contribution in [0.2, 0.25) is 0 Å². The number of carboxylic acids is 1. The lowest BCUT2D eigenvalue weighted by molar-refractivity contribution is -0.138. The van der Waals surface area contributed by atoms with Crippen LogP contribution in [0.3, 0.4) is 0 Å². The lowest BCUT2D eigenvalue weighted by atomic mass is 9.96. The molecule has 1 aliphatic carbocycles. The van der Waals surface area contributed by atoms with Crippen LogP contribution in [0.25, 0.3) is 11.1 Å². The molecule has 2 amide bonds. The molecule has 0 aliphatic heterocycles. The normalized spacial score (nSPS) is 15.1. The van der Waals surface area contributed by atoms with E-state index in [0.29, 0.717) is 6.42 Å². The van der Waals surface area contributed by atoms with Crippen LogP contribution in [0, 0.1) is 11.8 Å². The van der Waals surface area contributed by atoms with E-state index in [-0.39, 0.29) is 30.8 Å². The number of benzene rings is 2. The van der Waals surface area contributed by atoms with Gasteiger partial charge in [-0.3, -0.25) is 9.59 Å². The van der Waals surface area contributed by atoms with Gasteiger partial charge < -0.3 is 20.5 Å². The van der Waals surface area contributed by atoms with Crippen LogP contribution in [0.5, 0.6) is 0 Å². The second kappa shape index (κ2) is 11.2. The summed E-state index contributed by atoms with van der Waals surface area (Å²) in [7, 11) is 0. The predicted molar refractivity (Wildman–Crippen MR) is 130 cm³/mol. The number of nitrogens with one attached hydrogen (secondary N) is 2. The van der Waals surface area contributed by atoms with Crippen LogP contribution in [0.1, 0.15) is 57.6 Å². The highest BCUT2D eigenvalue weighted by molar-refractivity contribution is 5.86. The van der Waals surface area contributed by atoms with E-state index < -0.39 is 30.1 Å². The van der Waals surface area contributed by atoms with Gasteiger partial charge in [0, 0.05) is 12.0 Å². The van der Waals surface area contributed by atoms with Gasteiger partial charge in [0.2, 0.25) is 5.91 Å². The topological polar surface area (TPSA) is 105 Å². The Kier molecular flexibility index (Phi) is 8.31. The first-order valence-corrected chi connectivity index (χ1v) is 11.9. The third-order valence-corrected chi connectivity index (χ3v) is 6.64. The highest BCUT2D eigenvalue weighted by Crippen LogP contribution is 2.44.